The lowest BCUT2D eigenvalue weighted by atomic mass is 10.2. The van der Waals surface area contributed by atoms with E-state index in [9.17, 15) is 4.79 Å². The van der Waals surface area contributed by atoms with Crippen LogP contribution >= 0.6 is 11.5 Å². The van der Waals surface area contributed by atoms with Gasteiger partial charge in [0, 0.05) is 10.9 Å². The van der Waals surface area contributed by atoms with Crippen LogP contribution in [0.4, 0.5) is 0 Å². The largest absolute Gasteiger partial charge is 0.310 e. The Hall–Kier alpha value is -0.740. The Morgan fingerprint density at radius 3 is 3.18 bits per heavy atom. The van der Waals surface area contributed by atoms with Crippen LogP contribution in [0.3, 0.4) is 0 Å². The Morgan fingerprint density at radius 2 is 2.64 bits per heavy atom. The van der Waals surface area contributed by atoms with Gasteiger partial charge in [-0.1, -0.05) is 6.92 Å². The summed E-state index contributed by atoms with van der Waals surface area (Å²) in [5, 5.41) is 4.73. The minimum absolute atomic E-state index is 0.112. The van der Waals surface area contributed by atoms with E-state index in [1.54, 1.807) is 11.6 Å². The number of hydrogen-bond donors (Lipinski definition) is 1. The summed E-state index contributed by atoms with van der Waals surface area (Å²) in [5.41, 5.74) is 0.705. The zero-order valence-electron chi connectivity index (χ0n) is 6.33. The Bertz CT molecular complexity index is 220. The fourth-order valence-electron chi connectivity index (χ4n) is 0.683. The van der Waals surface area contributed by atoms with Crippen LogP contribution in [0.5, 0.6) is 0 Å². The molecular weight excluding hydrogens is 160 g/mol. The van der Waals surface area contributed by atoms with E-state index in [0.717, 1.165) is 6.54 Å². The zero-order valence-corrected chi connectivity index (χ0v) is 7.15. The minimum atomic E-state index is 0.112. The number of nitrogens with one attached hydrogen (secondary N) is 1. The lowest BCUT2D eigenvalue weighted by Crippen LogP contribution is -2.22. The number of nitrogens with zero attached hydrogens (tertiary/aromatic N) is 1. The van der Waals surface area contributed by atoms with E-state index in [1.807, 2.05) is 6.92 Å². The monoisotopic (exact) mass is 170 g/mol. The van der Waals surface area contributed by atoms with Gasteiger partial charge >= 0.3 is 0 Å². The van der Waals surface area contributed by atoms with Gasteiger partial charge in [0.15, 0.2) is 5.78 Å². The third kappa shape index (κ3) is 2.40. The Balaban J connectivity index is 2.43. The Morgan fingerprint density at radius 1 is 1.82 bits per heavy atom. The predicted molar refractivity (Wildman–Crippen MR) is 45.0 cm³/mol. The highest BCUT2D eigenvalue weighted by molar-refractivity contribution is 7.03. The second-order valence-electron chi connectivity index (χ2n) is 2.12. The molecule has 0 aliphatic rings. The summed E-state index contributed by atoms with van der Waals surface area (Å²) in [7, 11) is 0. The highest BCUT2D eigenvalue weighted by Crippen LogP contribution is 2.01. The summed E-state index contributed by atoms with van der Waals surface area (Å²) in [4.78, 5) is 11.2. The second kappa shape index (κ2) is 4.20. The van der Waals surface area contributed by atoms with E-state index in [-0.39, 0.29) is 5.78 Å². The topological polar surface area (TPSA) is 42.0 Å². The van der Waals surface area contributed by atoms with Gasteiger partial charge in [0.05, 0.1) is 12.7 Å². The fraction of sp³-hybridized carbons (Fsp3) is 0.429. The quantitative estimate of drug-likeness (QED) is 0.684. The average Bonchev–Trinajstić information content (AvgIpc) is 2.52. The molecule has 0 fully saturated rings. The van der Waals surface area contributed by atoms with Crippen molar-refractivity contribution in [1.29, 1.82) is 0 Å². The molecule has 3 nitrogen and oxygen atoms in total. The number of Topliss-reactive ketones (excluding diaryl/α,β-unsaturated/α-hetero) is 1. The fourth-order valence-corrected chi connectivity index (χ4v) is 1.22. The minimum Gasteiger partial charge on any atom is -0.310 e. The molecule has 0 saturated carbocycles. The van der Waals surface area contributed by atoms with Crippen LogP contribution in [-0.4, -0.2) is 23.2 Å². The van der Waals surface area contributed by atoms with Gasteiger partial charge in [0.25, 0.3) is 0 Å². The van der Waals surface area contributed by atoms with Gasteiger partial charge in [-0.3, -0.25) is 4.79 Å². The first-order valence-electron chi connectivity index (χ1n) is 3.48. The summed E-state index contributed by atoms with van der Waals surface area (Å²) in [6.45, 7) is 3.21. The van der Waals surface area contributed by atoms with Crippen molar-refractivity contribution in [2.45, 2.75) is 6.92 Å². The van der Waals surface area contributed by atoms with Gasteiger partial charge in [-0.05, 0) is 18.1 Å². The Kier molecular flexibility index (Phi) is 3.19. The maximum atomic E-state index is 11.2. The molecule has 4 heteroatoms. The number of ketones is 1. The molecule has 0 saturated heterocycles. The summed E-state index contributed by atoms with van der Waals surface area (Å²) in [5.74, 6) is 0.112. The molecule has 0 radical (unpaired) electrons. The van der Waals surface area contributed by atoms with Crippen LogP contribution in [0.15, 0.2) is 11.6 Å². The number of hydrogen-bond acceptors (Lipinski definition) is 4. The molecule has 1 aromatic heterocycles. The molecule has 60 valence electrons. The van der Waals surface area contributed by atoms with Crippen molar-refractivity contribution in [3.05, 3.63) is 17.1 Å². The molecule has 0 spiro atoms. The van der Waals surface area contributed by atoms with Crippen molar-refractivity contribution in [2.24, 2.45) is 0 Å². The van der Waals surface area contributed by atoms with Gasteiger partial charge in [-0.25, -0.2) is 4.37 Å². The van der Waals surface area contributed by atoms with E-state index in [2.05, 4.69) is 9.69 Å². The highest BCUT2D eigenvalue weighted by Gasteiger charge is 2.04. The van der Waals surface area contributed by atoms with Crippen molar-refractivity contribution in [2.75, 3.05) is 13.1 Å². The summed E-state index contributed by atoms with van der Waals surface area (Å²) in [6.07, 6.45) is 1.60. The molecular formula is C7H10N2OS. The van der Waals surface area contributed by atoms with Gasteiger partial charge in [0.2, 0.25) is 0 Å². The molecule has 0 aliphatic carbocycles. The molecule has 1 rings (SSSR count). The van der Waals surface area contributed by atoms with Gasteiger partial charge in [-0.15, -0.1) is 0 Å². The second-order valence-corrected chi connectivity index (χ2v) is 2.77. The number of carbonyl (C=O) groups excluding carboxylic acids is 1. The van der Waals surface area contributed by atoms with Crippen LogP contribution in [-0.2, 0) is 0 Å². The molecule has 0 amide bonds. The van der Waals surface area contributed by atoms with Gasteiger partial charge < -0.3 is 5.32 Å². The van der Waals surface area contributed by atoms with E-state index in [0.29, 0.717) is 12.1 Å². The highest BCUT2D eigenvalue weighted by atomic mass is 32.1. The molecule has 0 unspecified atom stereocenters. The summed E-state index contributed by atoms with van der Waals surface area (Å²) >= 11 is 1.30. The maximum absolute atomic E-state index is 11.2. The normalized spacial score (nSPS) is 9.91. The zero-order chi connectivity index (χ0) is 8.10. The van der Waals surface area contributed by atoms with Crippen molar-refractivity contribution in [1.82, 2.24) is 9.69 Å². The maximum Gasteiger partial charge on any atom is 0.179 e. The standard InChI is InChI=1S/C7H10N2OS/c1-2-8-4-7(10)6-3-9-11-5-6/h3,5,8H,2,4H2,1H3. The third-order valence-corrected chi connectivity index (χ3v) is 1.88. The number of rotatable bonds is 4. The van der Waals surface area contributed by atoms with E-state index in [4.69, 9.17) is 0 Å². The van der Waals surface area contributed by atoms with E-state index < -0.39 is 0 Å². The lowest BCUT2D eigenvalue weighted by molar-refractivity contribution is 0.0992. The van der Waals surface area contributed by atoms with Crippen molar-refractivity contribution in [3.8, 4) is 0 Å². The third-order valence-electron chi connectivity index (χ3n) is 1.29. The summed E-state index contributed by atoms with van der Waals surface area (Å²) in [6, 6.07) is 0. The van der Waals surface area contributed by atoms with Crippen LogP contribution in [0.25, 0.3) is 0 Å². The molecule has 0 aromatic carbocycles. The summed E-state index contributed by atoms with van der Waals surface area (Å²) < 4.78 is 3.84. The first-order chi connectivity index (χ1) is 5.34. The van der Waals surface area contributed by atoms with Crippen LogP contribution < -0.4 is 5.32 Å². The molecule has 0 atom stereocenters. The van der Waals surface area contributed by atoms with Crippen molar-refractivity contribution >= 4 is 17.3 Å². The Labute approximate surface area is 69.6 Å². The van der Waals surface area contributed by atoms with Crippen LogP contribution in [0.2, 0.25) is 0 Å². The van der Waals surface area contributed by atoms with E-state index in [1.165, 1.54) is 11.5 Å². The van der Waals surface area contributed by atoms with Gasteiger partial charge in [-0.2, -0.15) is 0 Å². The lowest BCUT2D eigenvalue weighted by Gasteiger charge is -1.96. The van der Waals surface area contributed by atoms with E-state index >= 15 is 0 Å². The predicted octanol–water partition coefficient (Wildman–Crippen LogP) is 0.935. The average molecular weight is 170 g/mol. The first kappa shape index (κ1) is 8.36. The molecule has 11 heavy (non-hydrogen) atoms. The molecule has 1 N–H and O–H groups in total. The first-order valence-corrected chi connectivity index (χ1v) is 4.31. The molecule has 1 aromatic rings. The van der Waals surface area contributed by atoms with Gasteiger partial charge in [0.1, 0.15) is 0 Å². The van der Waals surface area contributed by atoms with Crippen LogP contribution in [0, 0.1) is 0 Å². The molecule has 0 bridgehead atoms. The SMILES string of the molecule is CCNCC(=O)c1cnsc1. The number of aromatic nitrogens is 1. The smallest absolute Gasteiger partial charge is 0.179 e. The van der Waals surface area contributed by atoms with Crippen LogP contribution in [0.1, 0.15) is 17.3 Å². The van der Waals surface area contributed by atoms with Crippen molar-refractivity contribution < 1.29 is 4.79 Å². The molecule has 0 aliphatic heterocycles. The van der Waals surface area contributed by atoms with Crippen molar-refractivity contribution in [3.63, 3.8) is 0 Å². The number of likely N-dealkylation sites (N-methyl/N-ethyl adjacent to an activating group) is 1. The molecule has 1 heterocycles. The number of carbonyl (C=O) groups is 1.